The molecule has 0 bridgehead atoms. The normalized spacial score (nSPS) is 11.5. The van der Waals surface area contributed by atoms with Crippen LogP contribution in [0.5, 0.6) is 5.75 Å². The van der Waals surface area contributed by atoms with Crippen LogP contribution in [0.25, 0.3) is 0 Å². The van der Waals surface area contributed by atoms with Crippen LogP contribution in [0, 0.1) is 0 Å². The summed E-state index contributed by atoms with van der Waals surface area (Å²) in [5, 5.41) is 5.18. The van der Waals surface area contributed by atoms with Gasteiger partial charge in [-0.3, -0.25) is 4.79 Å². The molecule has 0 aliphatic heterocycles. The minimum absolute atomic E-state index is 0.193. The number of rotatable bonds is 5. The van der Waals surface area contributed by atoms with E-state index in [0.29, 0.717) is 18.1 Å². The number of pyridine rings is 1. The Morgan fingerprint density at radius 1 is 1.47 bits per heavy atom. The van der Waals surface area contributed by atoms with E-state index >= 15 is 0 Å². The van der Waals surface area contributed by atoms with Gasteiger partial charge in [0.15, 0.2) is 5.75 Å². The monoisotopic (exact) mass is 329 g/mol. The number of anilines is 1. The van der Waals surface area contributed by atoms with Crippen LogP contribution in [0.3, 0.4) is 0 Å². The summed E-state index contributed by atoms with van der Waals surface area (Å²) in [5.41, 5.74) is 0. The molecule has 0 saturated heterocycles. The fourth-order valence-corrected chi connectivity index (χ4v) is 1.22. The van der Waals surface area contributed by atoms with Crippen molar-refractivity contribution in [3.05, 3.63) is 18.3 Å². The second-order valence-corrected chi connectivity index (χ2v) is 5.17. The molecule has 0 aliphatic rings. The molecule has 1 heterocycles. The summed E-state index contributed by atoms with van der Waals surface area (Å²) < 4.78 is 4.99. The molecule has 0 aromatic carbocycles. The number of carbonyl (C=O) groups is 2. The number of aromatic nitrogens is 1. The van der Waals surface area contributed by atoms with Gasteiger partial charge < -0.3 is 15.4 Å². The standard InChI is InChI=1S/C12H16BrN3O3/c1-3-6-14-12(18)19-9-4-5-10(15-7-9)16-11(17)8(2)13/h4-5,7-8H,3,6H2,1-2H3,(H,14,18)(H,15,16,17). The van der Waals surface area contributed by atoms with Crippen molar-refractivity contribution in [1.82, 2.24) is 10.3 Å². The van der Waals surface area contributed by atoms with Crippen molar-refractivity contribution >= 4 is 33.7 Å². The minimum Gasteiger partial charge on any atom is -0.409 e. The molecular weight excluding hydrogens is 314 g/mol. The summed E-state index contributed by atoms with van der Waals surface area (Å²) in [6.07, 6.45) is 1.69. The Morgan fingerprint density at radius 2 is 2.21 bits per heavy atom. The van der Waals surface area contributed by atoms with E-state index in [0.717, 1.165) is 6.42 Å². The molecule has 0 spiro atoms. The van der Waals surface area contributed by atoms with Crippen LogP contribution >= 0.6 is 15.9 Å². The highest BCUT2D eigenvalue weighted by Crippen LogP contribution is 2.13. The smallest absolute Gasteiger partial charge is 0.409 e. The van der Waals surface area contributed by atoms with Gasteiger partial charge in [0, 0.05) is 6.54 Å². The molecule has 104 valence electrons. The Labute approximate surface area is 120 Å². The fraction of sp³-hybridized carbons (Fsp3) is 0.417. The van der Waals surface area contributed by atoms with Gasteiger partial charge in [-0.15, -0.1) is 0 Å². The molecular formula is C12H16BrN3O3. The maximum absolute atomic E-state index is 11.4. The van der Waals surface area contributed by atoms with Crippen molar-refractivity contribution in [3.8, 4) is 5.75 Å². The topological polar surface area (TPSA) is 80.3 Å². The van der Waals surface area contributed by atoms with Gasteiger partial charge in [0.25, 0.3) is 0 Å². The summed E-state index contributed by atoms with van der Waals surface area (Å²) in [6, 6.07) is 3.13. The zero-order valence-electron chi connectivity index (χ0n) is 10.8. The van der Waals surface area contributed by atoms with E-state index in [4.69, 9.17) is 4.74 Å². The number of nitrogens with one attached hydrogen (secondary N) is 2. The lowest BCUT2D eigenvalue weighted by Crippen LogP contribution is -2.27. The first-order chi connectivity index (χ1) is 9.02. The first kappa shape index (κ1) is 15.4. The van der Waals surface area contributed by atoms with Gasteiger partial charge in [0.05, 0.1) is 11.0 Å². The predicted octanol–water partition coefficient (Wildman–Crippen LogP) is 2.30. The van der Waals surface area contributed by atoms with Crippen LogP contribution < -0.4 is 15.4 Å². The van der Waals surface area contributed by atoms with Gasteiger partial charge in [-0.05, 0) is 25.5 Å². The third-order valence-corrected chi connectivity index (χ3v) is 2.49. The first-order valence-electron chi connectivity index (χ1n) is 5.89. The van der Waals surface area contributed by atoms with E-state index in [1.165, 1.54) is 6.20 Å². The Bertz CT molecular complexity index is 434. The van der Waals surface area contributed by atoms with Crippen molar-refractivity contribution < 1.29 is 14.3 Å². The SMILES string of the molecule is CCCNC(=O)Oc1ccc(NC(=O)C(C)Br)nc1. The van der Waals surface area contributed by atoms with Gasteiger partial charge >= 0.3 is 6.09 Å². The van der Waals surface area contributed by atoms with Crippen molar-refractivity contribution in [2.24, 2.45) is 0 Å². The molecule has 2 amide bonds. The van der Waals surface area contributed by atoms with E-state index in [2.05, 4.69) is 31.5 Å². The molecule has 0 aliphatic carbocycles. The largest absolute Gasteiger partial charge is 0.412 e. The van der Waals surface area contributed by atoms with Crippen molar-refractivity contribution in [2.45, 2.75) is 25.1 Å². The molecule has 2 N–H and O–H groups in total. The highest BCUT2D eigenvalue weighted by atomic mass is 79.9. The number of nitrogens with zero attached hydrogens (tertiary/aromatic N) is 1. The number of hydrogen-bond acceptors (Lipinski definition) is 4. The molecule has 0 saturated carbocycles. The second kappa shape index (κ2) is 7.73. The maximum Gasteiger partial charge on any atom is 0.412 e. The number of ether oxygens (including phenoxy) is 1. The molecule has 6 nitrogen and oxygen atoms in total. The molecule has 0 fully saturated rings. The number of alkyl halides is 1. The van der Waals surface area contributed by atoms with Gasteiger partial charge in [-0.2, -0.15) is 0 Å². The van der Waals surface area contributed by atoms with E-state index in [1.807, 2.05) is 6.92 Å². The lowest BCUT2D eigenvalue weighted by Gasteiger charge is -2.07. The number of carbonyl (C=O) groups excluding carboxylic acids is 2. The van der Waals surface area contributed by atoms with Crippen LogP contribution in [0.4, 0.5) is 10.6 Å². The Balaban J connectivity index is 2.52. The lowest BCUT2D eigenvalue weighted by molar-refractivity contribution is -0.115. The number of hydrogen-bond donors (Lipinski definition) is 2. The van der Waals surface area contributed by atoms with E-state index < -0.39 is 6.09 Å². The molecule has 0 radical (unpaired) electrons. The maximum atomic E-state index is 11.4. The Hall–Kier alpha value is -1.63. The van der Waals surface area contributed by atoms with Gasteiger partial charge in [-0.25, -0.2) is 9.78 Å². The third kappa shape index (κ3) is 5.69. The molecule has 19 heavy (non-hydrogen) atoms. The summed E-state index contributed by atoms with van der Waals surface area (Å²) in [7, 11) is 0. The van der Waals surface area contributed by atoms with E-state index in [9.17, 15) is 9.59 Å². The number of amides is 2. The van der Waals surface area contributed by atoms with Crippen LogP contribution in [-0.2, 0) is 4.79 Å². The lowest BCUT2D eigenvalue weighted by atomic mass is 10.4. The average molecular weight is 330 g/mol. The first-order valence-corrected chi connectivity index (χ1v) is 6.81. The highest BCUT2D eigenvalue weighted by Gasteiger charge is 2.09. The van der Waals surface area contributed by atoms with Crippen LogP contribution in [-0.4, -0.2) is 28.4 Å². The van der Waals surface area contributed by atoms with Crippen molar-refractivity contribution in [1.29, 1.82) is 0 Å². The van der Waals surface area contributed by atoms with Crippen molar-refractivity contribution in [3.63, 3.8) is 0 Å². The molecule has 7 heteroatoms. The van der Waals surface area contributed by atoms with E-state index in [-0.39, 0.29) is 10.7 Å². The van der Waals surface area contributed by atoms with E-state index in [1.54, 1.807) is 19.1 Å². The zero-order valence-corrected chi connectivity index (χ0v) is 12.4. The van der Waals surface area contributed by atoms with Crippen LogP contribution in [0.2, 0.25) is 0 Å². The Kier molecular flexibility index (Phi) is 6.27. The molecule has 1 unspecified atom stereocenters. The molecule has 1 atom stereocenters. The highest BCUT2D eigenvalue weighted by molar-refractivity contribution is 9.10. The molecule has 1 aromatic rings. The van der Waals surface area contributed by atoms with Crippen LogP contribution in [0.1, 0.15) is 20.3 Å². The predicted molar refractivity (Wildman–Crippen MR) is 75.6 cm³/mol. The van der Waals surface area contributed by atoms with Crippen molar-refractivity contribution in [2.75, 3.05) is 11.9 Å². The zero-order chi connectivity index (χ0) is 14.3. The second-order valence-electron chi connectivity index (χ2n) is 3.80. The molecule has 1 rings (SSSR count). The van der Waals surface area contributed by atoms with Crippen LogP contribution in [0.15, 0.2) is 18.3 Å². The summed E-state index contributed by atoms with van der Waals surface area (Å²) in [5.74, 6) is 0.526. The third-order valence-electron chi connectivity index (χ3n) is 2.08. The quantitative estimate of drug-likeness (QED) is 0.812. The summed E-state index contributed by atoms with van der Waals surface area (Å²) >= 11 is 3.15. The minimum atomic E-state index is -0.519. The summed E-state index contributed by atoms with van der Waals surface area (Å²) in [4.78, 5) is 26.4. The molecule has 1 aromatic heterocycles. The van der Waals surface area contributed by atoms with Gasteiger partial charge in [0.2, 0.25) is 5.91 Å². The number of halogens is 1. The fourth-order valence-electron chi connectivity index (χ4n) is 1.11. The summed E-state index contributed by atoms with van der Waals surface area (Å²) in [6.45, 7) is 4.22. The average Bonchev–Trinajstić information content (AvgIpc) is 2.38. The van der Waals surface area contributed by atoms with Gasteiger partial charge in [0.1, 0.15) is 5.82 Å². The Morgan fingerprint density at radius 3 is 2.74 bits per heavy atom. The van der Waals surface area contributed by atoms with Gasteiger partial charge in [-0.1, -0.05) is 22.9 Å².